The van der Waals surface area contributed by atoms with Crippen molar-refractivity contribution in [3.63, 3.8) is 0 Å². The molecule has 0 saturated carbocycles. The van der Waals surface area contributed by atoms with Gasteiger partial charge in [0.05, 0.1) is 9.79 Å². The van der Waals surface area contributed by atoms with Gasteiger partial charge in [0, 0.05) is 22.3 Å². The maximum atomic E-state index is 12.5. The van der Waals surface area contributed by atoms with Crippen LogP contribution >= 0.6 is 0 Å². The van der Waals surface area contributed by atoms with Gasteiger partial charge in [0.1, 0.15) is 0 Å². The number of carbonyl (C=O) groups is 2. The van der Waals surface area contributed by atoms with E-state index in [9.17, 15) is 26.4 Å². The number of carbonyl (C=O) groups excluding carboxylic acids is 2. The van der Waals surface area contributed by atoms with Gasteiger partial charge < -0.3 is 0 Å². The van der Waals surface area contributed by atoms with Gasteiger partial charge in [0.15, 0.2) is 11.6 Å². The zero-order chi connectivity index (χ0) is 17.9. The summed E-state index contributed by atoms with van der Waals surface area (Å²) in [5, 5.41) is 0. The zero-order valence-electron chi connectivity index (χ0n) is 13.6. The van der Waals surface area contributed by atoms with Crippen LogP contribution < -0.4 is 59.1 Å². The van der Waals surface area contributed by atoms with Crippen molar-refractivity contribution in [2.24, 2.45) is 0 Å². The summed E-state index contributed by atoms with van der Waals surface area (Å²) in [7, 11) is -9.17. The molecule has 0 heterocycles. The van der Waals surface area contributed by atoms with E-state index in [4.69, 9.17) is 9.11 Å². The van der Waals surface area contributed by atoms with E-state index in [1.807, 2.05) is 0 Å². The van der Waals surface area contributed by atoms with Crippen LogP contribution in [-0.4, -0.2) is 37.5 Å². The number of fused-ring (bicyclic) bond motifs is 2. The van der Waals surface area contributed by atoms with Crippen molar-refractivity contribution >= 4 is 31.8 Å². The first-order chi connectivity index (χ1) is 11.0. The standard InChI is InChI=1S/C14H8O8S2.2Na/c15-13-9-3-1-7(23(17,18)19)5-11(9)14(16)12-6-8(24(20,21)22)2-4-10(12)13;;/h1-6H,(H,17,18,19)(H,20,21,22);;/q;2*+1. The molecule has 0 aromatic heterocycles. The van der Waals surface area contributed by atoms with E-state index >= 15 is 0 Å². The molecule has 2 N–H and O–H groups in total. The molecule has 0 saturated heterocycles. The molecule has 0 atom stereocenters. The molecule has 0 amide bonds. The van der Waals surface area contributed by atoms with Gasteiger partial charge in [-0.25, -0.2) is 0 Å². The molecule has 12 heteroatoms. The van der Waals surface area contributed by atoms with Crippen molar-refractivity contribution < 1.29 is 94.6 Å². The number of ketones is 2. The molecular formula is C14H8Na2O8S2+2. The minimum Gasteiger partial charge on any atom is -0.289 e. The monoisotopic (exact) mass is 414 g/mol. The molecule has 0 fully saturated rings. The predicted octanol–water partition coefficient (Wildman–Crippen LogP) is -5.04. The van der Waals surface area contributed by atoms with Gasteiger partial charge in [-0.1, -0.05) is 0 Å². The second-order valence-electron chi connectivity index (χ2n) is 5.02. The maximum absolute atomic E-state index is 12.5. The van der Waals surface area contributed by atoms with Gasteiger partial charge in [-0.15, -0.1) is 0 Å². The van der Waals surface area contributed by atoms with Gasteiger partial charge in [0.2, 0.25) is 0 Å². The third-order valence-corrected chi connectivity index (χ3v) is 5.26. The summed E-state index contributed by atoms with van der Waals surface area (Å²) in [6.07, 6.45) is 0. The smallest absolute Gasteiger partial charge is 0.289 e. The molecule has 2 aromatic rings. The second-order valence-corrected chi connectivity index (χ2v) is 7.87. The molecule has 1 aliphatic rings. The van der Waals surface area contributed by atoms with Crippen LogP contribution in [-0.2, 0) is 20.2 Å². The van der Waals surface area contributed by atoms with Crippen LogP contribution in [0.5, 0.6) is 0 Å². The Morgan fingerprint density at radius 2 is 0.885 bits per heavy atom. The number of benzene rings is 2. The maximum Gasteiger partial charge on any atom is 1.00 e. The molecule has 26 heavy (non-hydrogen) atoms. The van der Waals surface area contributed by atoms with E-state index in [1.165, 1.54) is 0 Å². The summed E-state index contributed by atoms with van der Waals surface area (Å²) in [5.41, 5.74) is -0.704. The fourth-order valence-corrected chi connectivity index (χ4v) is 3.44. The van der Waals surface area contributed by atoms with Crippen LogP contribution in [0, 0.1) is 0 Å². The fourth-order valence-electron chi connectivity index (χ4n) is 2.43. The van der Waals surface area contributed by atoms with Crippen LogP contribution in [0.15, 0.2) is 46.2 Å². The van der Waals surface area contributed by atoms with Crippen molar-refractivity contribution in [3.8, 4) is 0 Å². The Labute approximate surface area is 193 Å². The van der Waals surface area contributed by atoms with Crippen molar-refractivity contribution in [3.05, 3.63) is 58.7 Å². The molecule has 0 unspecified atom stereocenters. The Kier molecular flexibility index (Phi) is 7.20. The summed E-state index contributed by atoms with van der Waals surface area (Å²) < 4.78 is 62.8. The number of hydrogen-bond acceptors (Lipinski definition) is 6. The van der Waals surface area contributed by atoms with Crippen LogP contribution in [0.25, 0.3) is 0 Å². The van der Waals surface area contributed by atoms with Crippen LogP contribution in [0.2, 0.25) is 0 Å². The third kappa shape index (κ3) is 4.20. The van der Waals surface area contributed by atoms with E-state index in [0.29, 0.717) is 0 Å². The quantitative estimate of drug-likeness (QED) is 0.313. The Morgan fingerprint density at radius 3 is 1.19 bits per heavy atom. The molecule has 8 nitrogen and oxygen atoms in total. The average Bonchev–Trinajstić information content (AvgIpc) is 2.49. The molecule has 3 rings (SSSR count). The van der Waals surface area contributed by atoms with Gasteiger partial charge in [0.25, 0.3) is 20.2 Å². The predicted molar refractivity (Wildman–Crippen MR) is 79.4 cm³/mol. The Bertz CT molecular complexity index is 1050. The Hall–Kier alpha value is -0.400. The van der Waals surface area contributed by atoms with Gasteiger partial charge >= 0.3 is 59.1 Å². The summed E-state index contributed by atoms with van der Waals surface area (Å²) >= 11 is 0. The van der Waals surface area contributed by atoms with Crippen molar-refractivity contribution in [2.45, 2.75) is 9.79 Å². The van der Waals surface area contributed by atoms with E-state index in [-0.39, 0.29) is 81.4 Å². The number of hydrogen-bond donors (Lipinski definition) is 2. The first-order valence-corrected chi connectivity index (χ1v) is 9.20. The third-order valence-electron chi connectivity index (χ3n) is 3.56. The Balaban J connectivity index is 0.00000169. The summed E-state index contributed by atoms with van der Waals surface area (Å²) in [5.74, 6) is -1.40. The molecule has 0 radical (unpaired) electrons. The minimum atomic E-state index is -4.59. The molecule has 2 aromatic carbocycles. The number of rotatable bonds is 2. The van der Waals surface area contributed by atoms with Crippen LogP contribution in [0.1, 0.15) is 31.8 Å². The average molecular weight is 414 g/mol. The minimum absolute atomic E-state index is 0. The van der Waals surface area contributed by atoms with E-state index in [0.717, 1.165) is 36.4 Å². The first-order valence-electron chi connectivity index (χ1n) is 6.32. The molecule has 0 aliphatic heterocycles. The Morgan fingerprint density at radius 1 is 0.577 bits per heavy atom. The SMILES string of the molecule is O=C1c2ccc(S(=O)(=O)O)cc2C(=O)c2cc(S(=O)(=O)O)ccc21.[Na+].[Na+]. The zero-order valence-corrected chi connectivity index (χ0v) is 19.3. The van der Waals surface area contributed by atoms with E-state index in [2.05, 4.69) is 0 Å². The van der Waals surface area contributed by atoms with Gasteiger partial charge in [-0.2, -0.15) is 16.8 Å². The van der Waals surface area contributed by atoms with Crippen LogP contribution in [0.4, 0.5) is 0 Å². The van der Waals surface area contributed by atoms with E-state index in [1.54, 1.807) is 0 Å². The normalized spacial score (nSPS) is 13.2. The van der Waals surface area contributed by atoms with Gasteiger partial charge in [-0.05, 0) is 36.4 Å². The van der Waals surface area contributed by atoms with Crippen molar-refractivity contribution in [1.82, 2.24) is 0 Å². The molecule has 0 bridgehead atoms. The second kappa shape index (κ2) is 7.92. The van der Waals surface area contributed by atoms with Crippen molar-refractivity contribution in [2.75, 3.05) is 0 Å². The van der Waals surface area contributed by atoms with Crippen LogP contribution in [0.3, 0.4) is 0 Å². The fraction of sp³-hybridized carbons (Fsp3) is 0. The molecule has 0 spiro atoms. The summed E-state index contributed by atoms with van der Waals surface area (Å²) in [6.45, 7) is 0. The molecule has 124 valence electrons. The van der Waals surface area contributed by atoms with E-state index < -0.39 is 41.6 Å². The van der Waals surface area contributed by atoms with Gasteiger partial charge in [-0.3, -0.25) is 18.7 Å². The summed E-state index contributed by atoms with van der Waals surface area (Å²) in [4.78, 5) is 23.8. The molecular weight excluding hydrogens is 406 g/mol. The molecule has 1 aliphatic carbocycles. The largest absolute Gasteiger partial charge is 1.00 e. The van der Waals surface area contributed by atoms with Crippen molar-refractivity contribution in [1.29, 1.82) is 0 Å². The topological polar surface area (TPSA) is 143 Å². The summed E-state index contributed by atoms with van der Waals surface area (Å²) in [6, 6.07) is 5.84. The first kappa shape index (κ1) is 23.6.